The van der Waals surface area contributed by atoms with Crippen molar-refractivity contribution in [3.05, 3.63) is 52.5 Å². The van der Waals surface area contributed by atoms with E-state index in [1.54, 1.807) is 44.2 Å². The van der Waals surface area contributed by atoms with E-state index in [4.69, 9.17) is 9.47 Å². The average Bonchev–Trinajstić information content (AvgIpc) is 2.74. The Morgan fingerprint density at radius 3 is 2.41 bits per heavy atom. The number of carbonyl (C=O) groups is 3. The van der Waals surface area contributed by atoms with Crippen molar-refractivity contribution in [3.63, 3.8) is 0 Å². The molecule has 0 aromatic heterocycles. The van der Waals surface area contributed by atoms with Crippen LogP contribution in [0.15, 0.2) is 52.0 Å². The van der Waals surface area contributed by atoms with E-state index in [0.29, 0.717) is 29.4 Å². The minimum Gasteiger partial charge on any atom is -0.490 e. The number of hydrogen-bond donors (Lipinski definition) is 3. The van der Waals surface area contributed by atoms with Crippen molar-refractivity contribution in [2.45, 2.75) is 26.8 Å². The Morgan fingerprint density at radius 2 is 1.75 bits per heavy atom. The zero-order chi connectivity index (χ0) is 23.5. The number of nitrogens with one attached hydrogen (secondary N) is 3. The van der Waals surface area contributed by atoms with Crippen LogP contribution in [0.1, 0.15) is 26.3 Å². The molecule has 0 aliphatic carbocycles. The molecule has 0 unspecified atom stereocenters. The lowest BCUT2D eigenvalue weighted by Crippen LogP contribution is -2.41. The van der Waals surface area contributed by atoms with Gasteiger partial charge in [0.1, 0.15) is 0 Å². The second-order valence-electron chi connectivity index (χ2n) is 6.81. The number of ether oxygens (including phenoxy) is 2. The Hall–Kier alpha value is -3.40. The lowest BCUT2D eigenvalue weighted by atomic mass is 10.2. The third-order valence-electron chi connectivity index (χ3n) is 3.76. The molecule has 2 aromatic carbocycles. The van der Waals surface area contributed by atoms with Gasteiger partial charge in [0, 0.05) is 16.2 Å². The molecule has 170 valence electrons. The maximum absolute atomic E-state index is 12.2. The van der Waals surface area contributed by atoms with Crippen molar-refractivity contribution >= 4 is 45.6 Å². The lowest BCUT2D eigenvalue weighted by Gasteiger charge is -2.12. The standard InChI is InChI=1S/C22H25BrN4O5/c1-4-31-19-11-15(12-24-27-22(30)21(29)25-14(2)3)5-10-18(19)32-13-20(28)26-17-8-6-16(23)7-9-17/h5-12,14H,4,13H2,1-3H3,(H,25,29)(H,26,28)(H,27,30)/b24-12-. The lowest BCUT2D eigenvalue weighted by molar-refractivity contribution is -0.139. The van der Waals surface area contributed by atoms with E-state index in [-0.39, 0.29) is 18.6 Å². The predicted octanol–water partition coefficient (Wildman–Crippen LogP) is 2.84. The van der Waals surface area contributed by atoms with Gasteiger partial charge in [0.25, 0.3) is 5.91 Å². The summed E-state index contributed by atoms with van der Waals surface area (Å²) in [7, 11) is 0. The van der Waals surface area contributed by atoms with E-state index in [9.17, 15) is 14.4 Å². The SMILES string of the molecule is CCOc1cc(/C=N\NC(=O)C(=O)NC(C)C)ccc1OCC(=O)Nc1ccc(Br)cc1. The van der Waals surface area contributed by atoms with Crippen molar-refractivity contribution < 1.29 is 23.9 Å². The summed E-state index contributed by atoms with van der Waals surface area (Å²) in [6.07, 6.45) is 1.37. The molecule has 0 aliphatic heterocycles. The van der Waals surface area contributed by atoms with Crippen LogP contribution in [0, 0.1) is 0 Å². The van der Waals surface area contributed by atoms with E-state index in [0.717, 1.165) is 4.47 Å². The van der Waals surface area contributed by atoms with Gasteiger partial charge < -0.3 is 20.1 Å². The molecule has 0 saturated heterocycles. The van der Waals surface area contributed by atoms with E-state index < -0.39 is 11.8 Å². The highest BCUT2D eigenvalue weighted by atomic mass is 79.9. The zero-order valence-corrected chi connectivity index (χ0v) is 19.6. The van der Waals surface area contributed by atoms with Gasteiger partial charge in [0.2, 0.25) is 0 Å². The van der Waals surface area contributed by atoms with Gasteiger partial charge in [0.05, 0.1) is 12.8 Å². The highest BCUT2D eigenvalue weighted by molar-refractivity contribution is 9.10. The average molecular weight is 505 g/mol. The van der Waals surface area contributed by atoms with Gasteiger partial charge in [-0.05, 0) is 68.8 Å². The fourth-order valence-electron chi connectivity index (χ4n) is 2.41. The van der Waals surface area contributed by atoms with Crippen LogP contribution in [0.3, 0.4) is 0 Å². The van der Waals surface area contributed by atoms with Crippen LogP contribution in [0.5, 0.6) is 11.5 Å². The van der Waals surface area contributed by atoms with Crippen LogP contribution in [-0.4, -0.2) is 43.2 Å². The number of benzene rings is 2. The molecule has 3 amide bonds. The number of carbonyl (C=O) groups excluding carboxylic acids is 3. The largest absolute Gasteiger partial charge is 0.490 e. The van der Waals surface area contributed by atoms with Crippen LogP contribution in [0.2, 0.25) is 0 Å². The molecule has 2 rings (SSSR count). The number of halogens is 1. The molecule has 0 aliphatic rings. The number of hydrazone groups is 1. The van der Waals surface area contributed by atoms with Crippen molar-refractivity contribution in [1.29, 1.82) is 0 Å². The topological polar surface area (TPSA) is 118 Å². The molecular weight excluding hydrogens is 480 g/mol. The fourth-order valence-corrected chi connectivity index (χ4v) is 2.67. The second-order valence-corrected chi connectivity index (χ2v) is 7.73. The van der Waals surface area contributed by atoms with Gasteiger partial charge in [-0.15, -0.1) is 0 Å². The Labute approximate surface area is 194 Å². The number of amides is 3. The van der Waals surface area contributed by atoms with Gasteiger partial charge in [-0.3, -0.25) is 14.4 Å². The smallest absolute Gasteiger partial charge is 0.329 e. The molecule has 0 radical (unpaired) electrons. The number of anilines is 1. The summed E-state index contributed by atoms with van der Waals surface area (Å²) < 4.78 is 12.1. The number of hydrogen-bond acceptors (Lipinski definition) is 6. The first-order valence-electron chi connectivity index (χ1n) is 9.87. The van der Waals surface area contributed by atoms with E-state index in [1.165, 1.54) is 6.21 Å². The highest BCUT2D eigenvalue weighted by Crippen LogP contribution is 2.28. The molecule has 0 spiro atoms. The van der Waals surface area contributed by atoms with E-state index >= 15 is 0 Å². The molecule has 2 aromatic rings. The third kappa shape index (κ3) is 8.38. The normalized spacial score (nSPS) is 10.7. The minimum atomic E-state index is -0.864. The minimum absolute atomic E-state index is 0.157. The third-order valence-corrected chi connectivity index (χ3v) is 4.29. The van der Waals surface area contributed by atoms with Crippen molar-refractivity contribution in [3.8, 4) is 11.5 Å². The van der Waals surface area contributed by atoms with Crippen molar-refractivity contribution in [2.24, 2.45) is 5.10 Å². The van der Waals surface area contributed by atoms with Gasteiger partial charge in [-0.2, -0.15) is 5.10 Å². The van der Waals surface area contributed by atoms with Crippen molar-refractivity contribution in [2.75, 3.05) is 18.5 Å². The first-order chi connectivity index (χ1) is 15.3. The summed E-state index contributed by atoms with van der Waals surface area (Å²) in [5.41, 5.74) is 3.42. The second kappa shape index (κ2) is 12.5. The van der Waals surface area contributed by atoms with E-state index in [2.05, 4.69) is 37.1 Å². The Kier molecular flexibility index (Phi) is 9.68. The molecule has 10 heteroatoms. The predicted molar refractivity (Wildman–Crippen MR) is 125 cm³/mol. The number of rotatable bonds is 9. The quantitative estimate of drug-likeness (QED) is 0.275. The fraction of sp³-hybridized carbons (Fsp3) is 0.273. The van der Waals surface area contributed by atoms with Crippen molar-refractivity contribution in [1.82, 2.24) is 10.7 Å². The summed E-state index contributed by atoms with van der Waals surface area (Å²) in [5.74, 6) is -1.15. The molecule has 0 bridgehead atoms. The maximum Gasteiger partial charge on any atom is 0.329 e. The molecule has 0 saturated carbocycles. The maximum atomic E-state index is 12.2. The highest BCUT2D eigenvalue weighted by Gasteiger charge is 2.13. The Morgan fingerprint density at radius 1 is 1.03 bits per heavy atom. The van der Waals surface area contributed by atoms with Crippen LogP contribution < -0.4 is 25.5 Å². The summed E-state index contributed by atoms with van der Waals surface area (Å²) in [6.45, 7) is 5.49. The van der Waals surface area contributed by atoms with Crippen LogP contribution in [0.25, 0.3) is 0 Å². The summed E-state index contributed by atoms with van der Waals surface area (Å²) in [6, 6.07) is 12.0. The van der Waals surface area contributed by atoms with Gasteiger partial charge in [-0.25, -0.2) is 5.43 Å². The Balaban J connectivity index is 1.96. The number of nitrogens with zero attached hydrogens (tertiary/aromatic N) is 1. The van der Waals surface area contributed by atoms with Crippen LogP contribution >= 0.6 is 15.9 Å². The first-order valence-corrected chi connectivity index (χ1v) is 10.7. The molecule has 9 nitrogen and oxygen atoms in total. The van der Waals surface area contributed by atoms with Crippen LogP contribution in [-0.2, 0) is 14.4 Å². The summed E-state index contributed by atoms with van der Waals surface area (Å²) >= 11 is 3.34. The van der Waals surface area contributed by atoms with Gasteiger partial charge >= 0.3 is 11.8 Å². The zero-order valence-electron chi connectivity index (χ0n) is 18.0. The molecule has 0 atom stereocenters. The molecule has 0 fully saturated rings. The van der Waals surface area contributed by atoms with Gasteiger partial charge in [-0.1, -0.05) is 15.9 Å². The molecular formula is C22H25BrN4O5. The summed E-state index contributed by atoms with van der Waals surface area (Å²) in [5, 5.41) is 8.99. The van der Waals surface area contributed by atoms with Gasteiger partial charge in [0.15, 0.2) is 18.1 Å². The Bertz CT molecular complexity index is 977. The first kappa shape index (κ1) is 24.9. The molecule has 3 N–H and O–H groups in total. The molecule has 0 heterocycles. The molecule has 32 heavy (non-hydrogen) atoms. The van der Waals surface area contributed by atoms with Crippen LogP contribution in [0.4, 0.5) is 5.69 Å². The monoisotopic (exact) mass is 504 g/mol. The summed E-state index contributed by atoms with van der Waals surface area (Å²) in [4.78, 5) is 35.4. The van der Waals surface area contributed by atoms with E-state index in [1.807, 2.05) is 19.1 Å².